The maximum atomic E-state index is 6.01. The molecule has 142 valence electrons. The van der Waals surface area contributed by atoms with Crippen LogP contribution in [0.2, 0.25) is 0 Å². The maximum absolute atomic E-state index is 6.01. The van der Waals surface area contributed by atoms with E-state index in [1.807, 2.05) is 30.3 Å². The number of anilines is 1. The predicted octanol–water partition coefficient (Wildman–Crippen LogP) is 4.09. The minimum absolute atomic E-state index is 0.221. The van der Waals surface area contributed by atoms with Crippen molar-refractivity contribution in [3.8, 4) is 29.1 Å². The zero-order valence-electron chi connectivity index (χ0n) is 16.4. The number of aryl methyl sites for hydroxylation is 1. The molecule has 0 aliphatic heterocycles. The summed E-state index contributed by atoms with van der Waals surface area (Å²) >= 11 is 0. The van der Waals surface area contributed by atoms with Crippen LogP contribution >= 0.6 is 0 Å². The van der Waals surface area contributed by atoms with E-state index in [1.54, 1.807) is 26.4 Å². The number of hydrogen-bond donors (Lipinski definition) is 1. The van der Waals surface area contributed by atoms with Crippen molar-refractivity contribution in [2.24, 2.45) is 0 Å². The Labute approximate surface area is 164 Å². The third kappa shape index (κ3) is 4.57. The SMILES string of the molecule is COc1ccc(C#Cc2cc(Oc3cnc(C)nc3N)c(C(C)C)cn2)cc1. The Morgan fingerprint density at radius 1 is 1.00 bits per heavy atom. The lowest BCUT2D eigenvalue weighted by atomic mass is 10.0. The van der Waals surface area contributed by atoms with Crippen molar-refractivity contribution in [1.29, 1.82) is 0 Å². The lowest BCUT2D eigenvalue weighted by molar-refractivity contribution is 0.415. The molecule has 0 radical (unpaired) electrons. The molecule has 0 spiro atoms. The topological polar surface area (TPSA) is 83.2 Å². The number of benzene rings is 1. The summed E-state index contributed by atoms with van der Waals surface area (Å²) in [4.78, 5) is 12.7. The second-order valence-electron chi connectivity index (χ2n) is 6.51. The van der Waals surface area contributed by atoms with Crippen LogP contribution in [0.25, 0.3) is 0 Å². The molecule has 1 aromatic carbocycles. The summed E-state index contributed by atoms with van der Waals surface area (Å²) in [7, 11) is 1.63. The maximum Gasteiger partial charge on any atom is 0.187 e. The zero-order chi connectivity index (χ0) is 20.1. The minimum atomic E-state index is 0.221. The Bertz CT molecular complexity index is 1030. The van der Waals surface area contributed by atoms with Crippen molar-refractivity contribution in [2.75, 3.05) is 12.8 Å². The van der Waals surface area contributed by atoms with Gasteiger partial charge in [0, 0.05) is 23.4 Å². The van der Waals surface area contributed by atoms with E-state index in [1.165, 1.54) is 0 Å². The van der Waals surface area contributed by atoms with Crippen LogP contribution in [-0.2, 0) is 0 Å². The zero-order valence-corrected chi connectivity index (χ0v) is 16.4. The van der Waals surface area contributed by atoms with Gasteiger partial charge in [0.25, 0.3) is 0 Å². The number of ether oxygens (including phenoxy) is 2. The highest BCUT2D eigenvalue weighted by molar-refractivity contribution is 5.50. The van der Waals surface area contributed by atoms with Crippen LogP contribution in [0.15, 0.2) is 42.7 Å². The standard InChI is InChI=1S/C22H22N4O2/c1-14(2)19-12-25-17(8-5-16-6-9-18(27-4)10-7-16)11-20(19)28-21-13-24-15(3)26-22(21)23/h6-7,9-14H,1-4H3,(H2,23,24,26). The van der Waals surface area contributed by atoms with Crippen molar-refractivity contribution in [3.05, 3.63) is 65.4 Å². The van der Waals surface area contributed by atoms with Crippen molar-refractivity contribution in [3.63, 3.8) is 0 Å². The van der Waals surface area contributed by atoms with E-state index in [-0.39, 0.29) is 5.92 Å². The van der Waals surface area contributed by atoms with Gasteiger partial charge in [-0.1, -0.05) is 19.8 Å². The van der Waals surface area contributed by atoms with Crippen LogP contribution < -0.4 is 15.2 Å². The fourth-order valence-corrected chi connectivity index (χ4v) is 2.52. The molecule has 28 heavy (non-hydrogen) atoms. The number of methoxy groups -OCH3 is 1. The molecule has 0 saturated heterocycles. The van der Waals surface area contributed by atoms with Crippen LogP contribution in [0.1, 0.15) is 42.4 Å². The molecule has 6 heteroatoms. The van der Waals surface area contributed by atoms with Gasteiger partial charge >= 0.3 is 0 Å². The lowest BCUT2D eigenvalue weighted by Gasteiger charge is -2.14. The van der Waals surface area contributed by atoms with Crippen molar-refractivity contribution in [1.82, 2.24) is 15.0 Å². The molecular formula is C22H22N4O2. The Balaban J connectivity index is 1.92. The molecule has 0 aliphatic rings. The first-order valence-electron chi connectivity index (χ1n) is 8.89. The summed E-state index contributed by atoms with van der Waals surface area (Å²) in [6, 6.07) is 9.35. The number of aromatic nitrogens is 3. The Kier molecular flexibility index (Phi) is 5.75. The van der Waals surface area contributed by atoms with Crippen LogP contribution in [0, 0.1) is 18.8 Å². The van der Waals surface area contributed by atoms with Gasteiger partial charge in [-0.05, 0) is 43.0 Å². The number of nitrogens with two attached hydrogens (primary N) is 1. The van der Waals surface area contributed by atoms with Crippen molar-refractivity contribution >= 4 is 5.82 Å². The number of nitrogens with zero attached hydrogens (tertiary/aromatic N) is 3. The molecule has 0 bridgehead atoms. The highest BCUT2D eigenvalue weighted by Gasteiger charge is 2.13. The fourth-order valence-electron chi connectivity index (χ4n) is 2.52. The minimum Gasteiger partial charge on any atom is -0.497 e. The molecule has 3 rings (SSSR count). The van der Waals surface area contributed by atoms with Crippen molar-refractivity contribution < 1.29 is 9.47 Å². The first-order chi connectivity index (χ1) is 13.5. The molecule has 0 aliphatic carbocycles. The number of rotatable bonds is 4. The molecule has 3 aromatic rings. The summed E-state index contributed by atoms with van der Waals surface area (Å²) < 4.78 is 11.2. The Morgan fingerprint density at radius 2 is 1.75 bits per heavy atom. The summed E-state index contributed by atoms with van der Waals surface area (Å²) in [6.07, 6.45) is 3.36. The second-order valence-corrected chi connectivity index (χ2v) is 6.51. The molecule has 0 atom stereocenters. The fraction of sp³-hybridized carbons (Fsp3) is 0.227. The number of pyridine rings is 1. The normalized spacial score (nSPS) is 10.3. The average Bonchev–Trinajstić information content (AvgIpc) is 2.69. The summed E-state index contributed by atoms with van der Waals surface area (Å²) in [5.41, 5.74) is 8.38. The van der Waals surface area contributed by atoms with E-state index >= 15 is 0 Å². The van der Waals surface area contributed by atoms with E-state index in [4.69, 9.17) is 15.2 Å². The Hall–Kier alpha value is -3.59. The second kappa shape index (κ2) is 8.40. The van der Waals surface area contributed by atoms with Gasteiger partial charge < -0.3 is 15.2 Å². The molecular weight excluding hydrogens is 352 g/mol. The molecule has 2 N–H and O–H groups in total. The first kappa shape index (κ1) is 19.2. The predicted molar refractivity (Wildman–Crippen MR) is 109 cm³/mol. The molecule has 0 saturated carbocycles. The van der Waals surface area contributed by atoms with Gasteiger partial charge in [0.2, 0.25) is 0 Å². The van der Waals surface area contributed by atoms with Gasteiger partial charge in [-0.3, -0.25) is 0 Å². The smallest absolute Gasteiger partial charge is 0.187 e. The van der Waals surface area contributed by atoms with Crippen molar-refractivity contribution in [2.45, 2.75) is 26.7 Å². The largest absolute Gasteiger partial charge is 0.497 e. The molecule has 6 nitrogen and oxygen atoms in total. The van der Waals surface area contributed by atoms with E-state index in [0.29, 0.717) is 28.8 Å². The van der Waals surface area contributed by atoms with Gasteiger partial charge in [0.05, 0.1) is 13.3 Å². The van der Waals surface area contributed by atoms with Gasteiger partial charge in [0.1, 0.15) is 23.0 Å². The average molecular weight is 374 g/mol. The molecule has 2 aromatic heterocycles. The van der Waals surface area contributed by atoms with Crippen LogP contribution in [-0.4, -0.2) is 22.1 Å². The third-order valence-corrected chi connectivity index (χ3v) is 4.07. The van der Waals surface area contributed by atoms with Crippen LogP contribution in [0.3, 0.4) is 0 Å². The third-order valence-electron chi connectivity index (χ3n) is 4.07. The first-order valence-corrected chi connectivity index (χ1v) is 8.89. The van der Waals surface area contributed by atoms with E-state index in [0.717, 1.165) is 16.9 Å². The molecule has 0 amide bonds. The lowest BCUT2D eigenvalue weighted by Crippen LogP contribution is -2.02. The summed E-state index contributed by atoms with van der Waals surface area (Å²) in [5, 5.41) is 0. The van der Waals surface area contributed by atoms with E-state index in [2.05, 4.69) is 40.6 Å². The summed E-state index contributed by atoms with van der Waals surface area (Å²) in [5.74, 6) is 9.12. The van der Waals surface area contributed by atoms with Gasteiger partial charge in [-0.2, -0.15) is 0 Å². The van der Waals surface area contributed by atoms with Crippen LogP contribution in [0.4, 0.5) is 5.82 Å². The van der Waals surface area contributed by atoms with Gasteiger partial charge in [0.15, 0.2) is 11.6 Å². The monoisotopic (exact) mass is 374 g/mol. The molecule has 2 heterocycles. The number of hydrogen-bond acceptors (Lipinski definition) is 6. The van der Waals surface area contributed by atoms with Gasteiger partial charge in [-0.15, -0.1) is 0 Å². The highest BCUT2D eigenvalue weighted by Crippen LogP contribution is 2.32. The molecule has 0 unspecified atom stereocenters. The Morgan fingerprint density at radius 3 is 2.39 bits per heavy atom. The van der Waals surface area contributed by atoms with Gasteiger partial charge in [-0.25, -0.2) is 15.0 Å². The summed E-state index contributed by atoms with van der Waals surface area (Å²) in [6.45, 7) is 5.92. The van der Waals surface area contributed by atoms with E-state index < -0.39 is 0 Å². The van der Waals surface area contributed by atoms with Crippen LogP contribution in [0.5, 0.6) is 17.2 Å². The highest BCUT2D eigenvalue weighted by atomic mass is 16.5. The van der Waals surface area contributed by atoms with E-state index in [9.17, 15) is 0 Å². The molecule has 0 fully saturated rings. The number of nitrogen functional groups attached to an aromatic ring is 1. The quantitative estimate of drug-likeness (QED) is 0.693.